The molecule has 4 heterocycles. The number of aryl methyl sites for hydroxylation is 2. The molecular weight excluding hydrogens is 524 g/mol. The summed E-state index contributed by atoms with van der Waals surface area (Å²) in [4.78, 5) is 46.3. The number of hydrogen-bond acceptors (Lipinski definition) is 6. The van der Waals surface area contributed by atoms with Crippen LogP contribution < -0.4 is 4.90 Å². The average Bonchev–Trinajstić information content (AvgIpc) is 3.24. The Morgan fingerprint density at radius 1 is 1.00 bits per heavy atom. The van der Waals surface area contributed by atoms with Crippen LogP contribution in [0.2, 0.25) is 0 Å². The lowest BCUT2D eigenvalue weighted by molar-refractivity contribution is -0.154. The Morgan fingerprint density at radius 2 is 1.80 bits per heavy atom. The smallest absolute Gasteiger partial charge is 0.311 e. The van der Waals surface area contributed by atoms with Crippen molar-refractivity contribution in [2.24, 2.45) is 11.8 Å². The molecule has 1 N–H and O–H groups in total. The Bertz CT molecular complexity index is 1210. The number of amides is 2. The number of cyclic esters (lactones) is 1. The fraction of sp³-hybridized carbons (Fsp3) is 0.594. The van der Waals surface area contributed by atoms with Crippen LogP contribution in [0.15, 0.2) is 42.5 Å². The molecule has 1 aromatic rings. The Kier molecular flexibility index (Phi) is 8.48. The van der Waals surface area contributed by atoms with E-state index in [9.17, 15) is 19.5 Å². The molecule has 216 valence electrons. The Labute approximate surface area is 242 Å². The van der Waals surface area contributed by atoms with Crippen molar-refractivity contribution in [3.05, 3.63) is 53.6 Å². The van der Waals surface area contributed by atoms with E-state index >= 15 is 0 Å². The number of aliphatic hydroxyl groups is 1. The van der Waals surface area contributed by atoms with Crippen molar-refractivity contribution in [1.82, 2.24) is 4.90 Å². The van der Waals surface area contributed by atoms with Gasteiger partial charge < -0.3 is 19.6 Å². The lowest BCUT2D eigenvalue weighted by Crippen LogP contribution is -2.53. The van der Waals surface area contributed by atoms with Gasteiger partial charge in [0.15, 0.2) is 0 Å². The molecule has 0 aliphatic carbocycles. The summed E-state index contributed by atoms with van der Waals surface area (Å²) in [5.74, 6) is -1.92. The van der Waals surface area contributed by atoms with Crippen molar-refractivity contribution >= 4 is 35.2 Å². The monoisotopic (exact) mass is 566 g/mol. The lowest BCUT2D eigenvalue weighted by atomic mass is 9.74. The van der Waals surface area contributed by atoms with Crippen LogP contribution in [-0.4, -0.2) is 69.6 Å². The maximum atomic E-state index is 14.7. The minimum absolute atomic E-state index is 0.0953. The van der Waals surface area contributed by atoms with E-state index in [1.165, 1.54) is 0 Å². The molecule has 5 rings (SSSR count). The number of carbonyl (C=O) groups excluding carboxylic acids is 3. The van der Waals surface area contributed by atoms with Crippen LogP contribution in [0.4, 0.5) is 5.69 Å². The highest BCUT2D eigenvalue weighted by atomic mass is 32.2. The molecule has 1 spiro atoms. The van der Waals surface area contributed by atoms with E-state index in [4.69, 9.17) is 4.74 Å². The molecule has 4 aliphatic heterocycles. The number of thioether (sulfide) groups is 1. The fourth-order valence-corrected chi connectivity index (χ4v) is 9.16. The minimum Gasteiger partial charge on any atom is -0.465 e. The first-order chi connectivity index (χ1) is 19.2. The first kappa shape index (κ1) is 28.9. The molecule has 2 fully saturated rings. The second-order valence-electron chi connectivity index (χ2n) is 11.9. The largest absolute Gasteiger partial charge is 0.465 e. The van der Waals surface area contributed by atoms with Gasteiger partial charge in [0.05, 0.1) is 23.2 Å². The summed E-state index contributed by atoms with van der Waals surface area (Å²) < 4.78 is 4.23. The van der Waals surface area contributed by atoms with Crippen molar-refractivity contribution < 1.29 is 24.2 Å². The van der Waals surface area contributed by atoms with Gasteiger partial charge in [0, 0.05) is 30.1 Å². The van der Waals surface area contributed by atoms with Gasteiger partial charge in [0.2, 0.25) is 5.91 Å². The lowest BCUT2D eigenvalue weighted by Gasteiger charge is -2.37. The predicted octanol–water partition coefficient (Wildman–Crippen LogP) is 4.73. The first-order valence-electron chi connectivity index (χ1n) is 14.8. The summed E-state index contributed by atoms with van der Waals surface area (Å²) in [5.41, 5.74) is 2.93. The third-order valence-electron chi connectivity index (χ3n) is 8.96. The molecule has 8 heteroatoms. The first-order valence-corrected chi connectivity index (χ1v) is 15.6. The van der Waals surface area contributed by atoms with Crippen LogP contribution in [0, 0.1) is 25.7 Å². The molecular formula is C32H42N2O5S. The van der Waals surface area contributed by atoms with Gasteiger partial charge in [-0.15, -0.1) is 11.8 Å². The van der Waals surface area contributed by atoms with Gasteiger partial charge in [0.1, 0.15) is 6.04 Å². The predicted molar refractivity (Wildman–Crippen MR) is 158 cm³/mol. The van der Waals surface area contributed by atoms with E-state index in [0.717, 1.165) is 61.8 Å². The Balaban J connectivity index is 1.59. The highest BCUT2D eigenvalue weighted by molar-refractivity contribution is 8.02. The zero-order valence-electron chi connectivity index (χ0n) is 23.9. The molecule has 7 nitrogen and oxygen atoms in total. The van der Waals surface area contributed by atoms with Crippen molar-refractivity contribution in [1.29, 1.82) is 0 Å². The van der Waals surface area contributed by atoms with Crippen molar-refractivity contribution in [3.63, 3.8) is 0 Å². The van der Waals surface area contributed by atoms with E-state index < -0.39 is 27.4 Å². The highest BCUT2D eigenvalue weighted by Gasteiger charge is 2.73. The molecule has 0 radical (unpaired) electrons. The van der Waals surface area contributed by atoms with Crippen LogP contribution >= 0.6 is 11.8 Å². The Hall–Kier alpha value is -2.58. The number of benzene rings is 1. The number of esters is 1. The number of hydrogen-bond donors (Lipinski definition) is 1. The van der Waals surface area contributed by atoms with Crippen molar-refractivity contribution in [2.45, 2.75) is 81.3 Å². The number of allylic oxidation sites excluding steroid dienone is 1. The highest BCUT2D eigenvalue weighted by Crippen LogP contribution is 2.65. The molecule has 0 aromatic heterocycles. The SMILES string of the molecule is Cc1ccc(C)c(N2CC=C[C@]34S[C@@]5(C)/C=C\CCCCOC(=O)[C@H]5[C@H]3C(=O)N(CCCCCCO)C4C2=O)c1. The number of carbonyl (C=O) groups is 3. The number of unbranched alkanes of at least 4 members (excludes halogenated alkanes) is 3. The summed E-state index contributed by atoms with van der Waals surface area (Å²) in [6, 6.07) is 5.39. The van der Waals surface area contributed by atoms with Crippen LogP contribution in [-0.2, 0) is 19.1 Å². The molecule has 0 bridgehead atoms. The van der Waals surface area contributed by atoms with E-state index in [0.29, 0.717) is 19.7 Å². The zero-order chi connectivity index (χ0) is 28.5. The number of aliphatic hydroxyl groups excluding tert-OH is 1. The topological polar surface area (TPSA) is 87.2 Å². The Morgan fingerprint density at radius 3 is 2.60 bits per heavy atom. The van der Waals surface area contributed by atoms with Crippen molar-refractivity contribution in [2.75, 3.05) is 31.2 Å². The van der Waals surface area contributed by atoms with Gasteiger partial charge in [-0.1, -0.05) is 49.3 Å². The summed E-state index contributed by atoms with van der Waals surface area (Å²) in [7, 11) is 0. The van der Waals surface area contributed by atoms with Crippen LogP contribution in [0.3, 0.4) is 0 Å². The van der Waals surface area contributed by atoms with Gasteiger partial charge in [-0.2, -0.15) is 0 Å². The molecule has 1 unspecified atom stereocenters. The average molecular weight is 567 g/mol. The number of likely N-dealkylation sites (tertiary alicyclic amines) is 1. The second kappa shape index (κ2) is 11.7. The minimum atomic E-state index is -0.872. The van der Waals surface area contributed by atoms with Gasteiger partial charge in [-0.25, -0.2) is 0 Å². The number of anilines is 1. The number of ether oxygens (including phenoxy) is 1. The number of fused-ring (bicyclic) bond motifs is 2. The van der Waals surface area contributed by atoms with Gasteiger partial charge in [0.25, 0.3) is 5.91 Å². The van der Waals surface area contributed by atoms with Crippen molar-refractivity contribution in [3.8, 4) is 0 Å². The van der Waals surface area contributed by atoms with E-state index in [2.05, 4.69) is 18.2 Å². The molecule has 5 atom stereocenters. The quantitative estimate of drug-likeness (QED) is 0.292. The van der Waals surface area contributed by atoms with Gasteiger partial charge in [-0.05, 0) is 70.1 Å². The van der Waals surface area contributed by atoms with E-state index in [1.807, 2.05) is 49.9 Å². The zero-order valence-corrected chi connectivity index (χ0v) is 24.8. The number of nitrogens with zero attached hydrogens (tertiary/aromatic N) is 2. The molecule has 2 amide bonds. The normalized spacial score (nSPS) is 32.8. The van der Waals surface area contributed by atoms with Gasteiger partial charge in [-0.3, -0.25) is 14.4 Å². The van der Waals surface area contributed by atoms with E-state index in [1.54, 1.807) is 16.7 Å². The maximum absolute atomic E-state index is 14.7. The van der Waals surface area contributed by atoms with Crippen LogP contribution in [0.1, 0.15) is 63.0 Å². The molecule has 0 saturated carbocycles. The molecule has 40 heavy (non-hydrogen) atoms. The number of rotatable bonds is 7. The summed E-state index contributed by atoms with van der Waals surface area (Å²) in [6.45, 7) is 7.42. The standard InChI is InChI=1S/C32H42N2O5S/c1-22-13-14-23(2)24(21-22)33-18-12-16-32-25(26-30(38)39-20-11-7-4-8-15-31(26,3)40-32)28(36)34(27(32)29(33)37)17-9-5-6-10-19-35/h8,12-16,21,25-27,35H,4-7,9-11,17-20H2,1-3H3/b15-8-/t25-,26+,27?,31-,32-/m0/s1. The molecule has 2 saturated heterocycles. The summed E-state index contributed by atoms with van der Waals surface area (Å²) in [5, 5.41) is 9.19. The van der Waals surface area contributed by atoms with Crippen LogP contribution in [0.25, 0.3) is 0 Å². The maximum Gasteiger partial charge on any atom is 0.311 e. The summed E-state index contributed by atoms with van der Waals surface area (Å²) in [6.07, 6.45) is 14.1. The molecule has 4 aliphatic rings. The third kappa shape index (κ3) is 5.02. The van der Waals surface area contributed by atoms with Gasteiger partial charge >= 0.3 is 5.97 Å². The molecule has 1 aromatic carbocycles. The fourth-order valence-electron chi connectivity index (χ4n) is 7.01. The third-order valence-corrected chi connectivity index (χ3v) is 10.8. The van der Waals surface area contributed by atoms with E-state index in [-0.39, 0.29) is 24.4 Å². The second-order valence-corrected chi connectivity index (χ2v) is 13.7. The van der Waals surface area contributed by atoms with Crippen LogP contribution in [0.5, 0.6) is 0 Å². The summed E-state index contributed by atoms with van der Waals surface area (Å²) >= 11 is 1.60.